The van der Waals surface area contributed by atoms with Crippen molar-refractivity contribution < 1.29 is 4.57 Å². The van der Waals surface area contributed by atoms with Crippen molar-refractivity contribution in [2.24, 2.45) is 0 Å². The number of fused-ring (bicyclic) bond motifs is 2. The van der Waals surface area contributed by atoms with E-state index in [4.69, 9.17) is 0 Å². The first-order chi connectivity index (χ1) is 4.88. The lowest BCUT2D eigenvalue weighted by Gasteiger charge is -2.03. The number of hydrogen-bond donors (Lipinski definition) is 0. The number of rotatable bonds is 0. The zero-order valence-electron chi connectivity index (χ0n) is 6.31. The van der Waals surface area contributed by atoms with E-state index >= 15 is 0 Å². The van der Waals surface area contributed by atoms with E-state index in [1.807, 2.05) is 0 Å². The maximum atomic E-state index is 11.6. The zero-order chi connectivity index (χ0) is 6.97. The maximum absolute atomic E-state index is 11.6. The first-order valence-electron chi connectivity index (χ1n) is 4.41. The summed E-state index contributed by atoms with van der Waals surface area (Å²) in [7, 11) is -1.12. The van der Waals surface area contributed by atoms with Gasteiger partial charge in [-0.05, 0) is 25.7 Å². The van der Waals surface area contributed by atoms with E-state index in [2.05, 4.69) is 0 Å². The Kier molecular flexibility index (Phi) is 1.86. The van der Waals surface area contributed by atoms with Gasteiger partial charge >= 0.3 is 0 Å². The molecule has 0 saturated carbocycles. The predicted octanol–water partition coefficient (Wildman–Crippen LogP) is 2.65. The van der Waals surface area contributed by atoms with Gasteiger partial charge in [-0.25, -0.2) is 0 Å². The van der Waals surface area contributed by atoms with Gasteiger partial charge in [0.25, 0.3) is 0 Å². The summed E-state index contributed by atoms with van der Waals surface area (Å²) in [6.07, 6.45) is 7.79. The second-order valence-corrected chi connectivity index (χ2v) is 6.10. The highest BCUT2D eigenvalue weighted by atomic mass is 31.1. The number of hydrogen-bond acceptors (Lipinski definition) is 1. The minimum absolute atomic E-state index is 0.664. The van der Waals surface area contributed by atoms with Crippen molar-refractivity contribution in [3.8, 4) is 0 Å². The molecule has 2 rings (SSSR count). The van der Waals surface area contributed by atoms with Crippen LogP contribution in [-0.4, -0.2) is 11.3 Å². The summed E-state index contributed by atoms with van der Waals surface area (Å²) in [5, 5.41) is 0. The van der Waals surface area contributed by atoms with Crippen LogP contribution in [0, 0.1) is 0 Å². The predicted molar refractivity (Wildman–Crippen MR) is 44.3 cm³/mol. The van der Waals surface area contributed by atoms with E-state index in [1.54, 1.807) is 0 Å². The average Bonchev–Trinajstić information content (AvgIpc) is 2.06. The second-order valence-electron chi connectivity index (χ2n) is 3.66. The van der Waals surface area contributed by atoms with Crippen LogP contribution in [0.5, 0.6) is 0 Å². The minimum Gasteiger partial charge on any atom is -0.326 e. The third-order valence-electron chi connectivity index (χ3n) is 3.02. The van der Waals surface area contributed by atoms with E-state index in [1.165, 1.54) is 38.5 Å². The van der Waals surface area contributed by atoms with Crippen LogP contribution in [0.1, 0.15) is 38.5 Å². The molecule has 2 unspecified atom stereocenters. The summed E-state index contributed by atoms with van der Waals surface area (Å²) in [5.41, 5.74) is 1.33. The lowest BCUT2D eigenvalue weighted by Crippen LogP contribution is -1.95. The van der Waals surface area contributed by atoms with Gasteiger partial charge in [-0.2, -0.15) is 0 Å². The largest absolute Gasteiger partial charge is 0.326 e. The van der Waals surface area contributed by atoms with Crippen molar-refractivity contribution >= 4 is 7.80 Å². The third-order valence-corrected chi connectivity index (χ3v) is 5.79. The standard InChI is InChI=1S/C8H15OP/c9-10-7-3-1-2-4-8(10)6-5-7/h7-8,10H,1-6H2. The smallest absolute Gasteiger partial charge is 0.0820 e. The summed E-state index contributed by atoms with van der Waals surface area (Å²) >= 11 is 0. The SMILES string of the molecule is O=[PH]1C2CCCCC1CC2. The van der Waals surface area contributed by atoms with Crippen molar-refractivity contribution in [2.75, 3.05) is 0 Å². The molecule has 0 amide bonds. The van der Waals surface area contributed by atoms with Crippen LogP contribution in [-0.2, 0) is 4.57 Å². The van der Waals surface area contributed by atoms with Gasteiger partial charge < -0.3 is 4.57 Å². The zero-order valence-corrected chi connectivity index (χ0v) is 7.31. The van der Waals surface area contributed by atoms with E-state index in [0.29, 0.717) is 11.3 Å². The quantitative estimate of drug-likeness (QED) is 0.495. The summed E-state index contributed by atoms with van der Waals surface area (Å²) in [6, 6.07) is 0. The normalized spacial score (nSPS) is 47.0. The molecular weight excluding hydrogens is 143 g/mol. The van der Waals surface area contributed by atoms with Crippen LogP contribution in [0.2, 0.25) is 0 Å². The van der Waals surface area contributed by atoms with Gasteiger partial charge in [-0.15, -0.1) is 0 Å². The first-order valence-corrected chi connectivity index (χ1v) is 5.98. The fourth-order valence-corrected chi connectivity index (χ4v) is 4.92. The lowest BCUT2D eigenvalue weighted by atomic mass is 10.0. The molecule has 0 N–H and O–H groups in total. The van der Waals surface area contributed by atoms with Gasteiger partial charge in [0.05, 0.1) is 7.80 Å². The maximum Gasteiger partial charge on any atom is 0.0820 e. The van der Waals surface area contributed by atoms with Crippen molar-refractivity contribution in [1.82, 2.24) is 0 Å². The van der Waals surface area contributed by atoms with Gasteiger partial charge in [0, 0.05) is 11.3 Å². The van der Waals surface area contributed by atoms with Crippen LogP contribution in [0.4, 0.5) is 0 Å². The highest BCUT2D eigenvalue weighted by molar-refractivity contribution is 7.46. The monoisotopic (exact) mass is 158 g/mol. The van der Waals surface area contributed by atoms with E-state index < -0.39 is 7.80 Å². The Labute approximate surface area is 63.0 Å². The Bertz CT molecular complexity index is 139. The summed E-state index contributed by atoms with van der Waals surface area (Å²) in [6.45, 7) is 0. The molecule has 2 aliphatic rings. The van der Waals surface area contributed by atoms with Crippen molar-refractivity contribution in [3.63, 3.8) is 0 Å². The van der Waals surface area contributed by atoms with Gasteiger partial charge in [0.2, 0.25) is 0 Å². The molecule has 58 valence electrons. The fraction of sp³-hybridized carbons (Fsp3) is 1.00. The first kappa shape index (κ1) is 6.91. The molecule has 0 aromatic heterocycles. The van der Waals surface area contributed by atoms with Gasteiger partial charge in [0.15, 0.2) is 0 Å². The van der Waals surface area contributed by atoms with Gasteiger partial charge in [0.1, 0.15) is 0 Å². The Morgan fingerprint density at radius 2 is 1.40 bits per heavy atom. The summed E-state index contributed by atoms with van der Waals surface area (Å²) in [4.78, 5) is 0. The van der Waals surface area contributed by atoms with Crippen LogP contribution in [0.25, 0.3) is 0 Å². The molecule has 2 atom stereocenters. The topological polar surface area (TPSA) is 17.1 Å². The molecule has 0 spiro atoms. The molecule has 1 nitrogen and oxygen atoms in total. The van der Waals surface area contributed by atoms with Crippen LogP contribution < -0.4 is 0 Å². The highest BCUT2D eigenvalue weighted by Crippen LogP contribution is 2.52. The Hall–Kier alpha value is 0.230. The lowest BCUT2D eigenvalue weighted by molar-refractivity contribution is 0.556. The van der Waals surface area contributed by atoms with Crippen LogP contribution in [0.3, 0.4) is 0 Å². The highest BCUT2D eigenvalue weighted by Gasteiger charge is 2.33. The van der Waals surface area contributed by atoms with E-state index in [-0.39, 0.29) is 0 Å². The summed E-state index contributed by atoms with van der Waals surface area (Å²) in [5.74, 6) is 0. The molecule has 0 aromatic rings. The van der Waals surface area contributed by atoms with Crippen molar-refractivity contribution in [3.05, 3.63) is 0 Å². The molecule has 2 aliphatic heterocycles. The Morgan fingerprint density at radius 1 is 0.900 bits per heavy atom. The fourth-order valence-electron chi connectivity index (χ4n) is 2.37. The second kappa shape index (κ2) is 2.70. The minimum atomic E-state index is -1.12. The summed E-state index contributed by atoms with van der Waals surface area (Å²) < 4.78 is 11.6. The molecule has 2 heterocycles. The van der Waals surface area contributed by atoms with E-state index in [9.17, 15) is 4.57 Å². The molecule has 0 aromatic carbocycles. The molecule has 2 bridgehead atoms. The molecule has 10 heavy (non-hydrogen) atoms. The molecule has 2 saturated heterocycles. The van der Waals surface area contributed by atoms with Crippen LogP contribution in [0.15, 0.2) is 0 Å². The molecule has 2 fully saturated rings. The van der Waals surface area contributed by atoms with Crippen molar-refractivity contribution in [2.45, 2.75) is 49.8 Å². The Balaban J connectivity index is 2.14. The average molecular weight is 158 g/mol. The molecule has 0 radical (unpaired) electrons. The van der Waals surface area contributed by atoms with E-state index in [0.717, 1.165) is 0 Å². The van der Waals surface area contributed by atoms with Gasteiger partial charge in [-0.1, -0.05) is 12.8 Å². The molecular formula is C8H15OP. The molecule has 2 heteroatoms. The van der Waals surface area contributed by atoms with Crippen LogP contribution >= 0.6 is 7.80 Å². The molecule has 0 aliphatic carbocycles. The van der Waals surface area contributed by atoms with Gasteiger partial charge in [-0.3, -0.25) is 0 Å². The van der Waals surface area contributed by atoms with Crippen molar-refractivity contribution in [1.29, 1.82) is 0 Å². The Morgan fingerprint density at radius 3 is 1.90 bits per heavy atom. The third kappa shape index (κ3) is 1.05.